The Morgan fingerprint density at radius 1 is 1.00 bits per heavy atom. The van der Waals surface area contributed by atoms with Crippen LogP contribution in [0.25, 0.3) is 0 Å². The lowest BCUT2D eigenvalue weighted by atomic mass is 9.84. The topological polar surface area (TPSA) is 66.5 Å². The van der Waals surface area contributed by atoms with Crippen molar-refractivity contribution in [1.82, 2.24) is 15.8 Å². The van der Waals surface area contributed by atoms with Gasteiger partial charge >= 0.3 is 0 Å². The van der Waals surface area contributed by atoms with Crippen molar-refractivity contribution in [2.24, 2.45) is 5.92 Å². The summed E-state index contributed by atoms with van der Waals surface area (Å²) in [4.78, 5) is 19.8. The number of hydrogen-bond donors (Lipinski definition) is 2. The molecule has 2 aromatic carbocycles. The quantitative estimate of drug-likeness (QED) is 0.576. The van der Waals surface area contributed by atoms with Gasteiger partial charge in [-0.2, -0.15) is 0 Å². The largest absolute Gasteiger partial charge is 0.494 e. The Kier molecular flexibility index (Phi) is 5.48. The van der Waals surface area contributed by atoms with Crippen LogP contribution in [0.5, 0.6) is 5.75 Å². The van der Waals surface area contributed by atoms with Crippen molar-refractivity contribution in [3.63, 3.8) is 0 Å². The van der Waals surface area contributed by atoms with Crippen LogP contribution in [0.15, 0.2) is 77.5 Å². The number of nitrogens with zero attached hydrogens (tertiary/aromatic N) is 2. The van der Waals surface area contributed by atoms with E-state index < -0.39 is 0 Å². The van der Waals surface area contributed by atoms with Gasteiger partial charge in [-0.1, -0.05) is 34.1 Å². The summed E-state index contributed by atoms with van der Waals surface area (Å²) in [5.74, 6) is 0.900. The zero-order valence-corrected chi connectivity index (χ0v) is 18.6. The second-order valence-electron chi connectivity index (χ2n) is 7.74. The molecule has 0 spiro atoms. The van der Waals surface area contributed by atoms with E-state index in [9.17, 15) is 4.79 Å². The number of carbonyl (C=O) groups is 1. The molecule has 0 saturated carbocycles. The highest BCUT2D eigenvalue weighted by molar-refractivity contribution is 9.10. The first-order chi connectivity index (χ1) is 15.2. The minimum absolute atomic E-state index is 0.00158. The fourth-order valence-electron chi connectivity index (χ4n) is 4.67. The minimum atomic E-state index is -0.328. The average molecular weight is 479 g/mol. The third kappa shape index (κ3) is 3.63. The molecule has 2 aliphatic rings. The average Bonchev–Trinajstić information content (AvgIpc) is 3.35. The third-order valence-corrected chi connectivity index (χ3v) is 6.52. The highest BCUT2D eigenvalue weighted by Gasteiger charge is 2.56. The van der Waals surface area contributed by atoms with Gasteiger partial charge in [0, 0.05) is 28.5 Å². The fourth-order valence-corrected chi connectivity index (χ4v) is 4.93. The highest BCUT2D eigenvalue weighted by Crippen LogP contribution is 2.48. The first-order valence-corrected chi connectivity index (χ1v) is 11.2. The summed E-state index contributed by atoms with van der Waals surface area (Å²) >= 11 is 3.49. The summed E-state index contributed by atoms with van der Waals surface area (Å²) < 4.78 is 6.57. The van der Waals surface area contributed by atoms with Gasteiger partial charge in [0.15, 0.2) is 0 Å². The maximum atomic E-state index is 13.5. The fraction of sp³-hybridized carbons (Fsp3) is 0.250. The van der Waals surface area contributed by atoms with Gasteiger partial charge in [0.1, 0.15) is 11.8 Å². The number of halogens is 1. The molecule has 6 nitrogen and oxygen atoms in total. The summed E-state index contributed by atoms with van der Waals surface area (Å²) in [6.45, 7) is 2.60. The number of hydrazine groups is 1. The van der Waals surface area contributed by atoms with Crippen LogP contribution in [0.3, 0.4) is 0 Å². The normalized spacial score (nSPS) is 25.0. The molecule has 3 heterocycles. The Bertz CT molecular complexity index is 1060. The molecule has 0 bridgehead atoms. The zero-order valence-electron chi connectivity index (χ0n) is 17.0. The van der Waals surface area contributed by atoms with E-state index in [-0.39, 0.29) is 30.0 Å². The summed E-state index contributed by atoms with van der Waals surface area (Å²) in [5.41, 5.74) is 9.65. The molecule has 158 valence electrons. The van der Waals surface area contributed by atoms with E-state index in [0.29, 0.717) is 6.61 Å². The summed E-state index contributed by atoms with van der Waals surface area (Å²) in [6.07, 6.45) is 3.62. The number of aromatic nitrogens is 1. The number of anilines is 1. The van der Waals surface area contributed by atoms with Crippen LogP contribution in [0, 0.1) is 5.92 Å². The van der Waals surface area contributed by atoms with Crippen molar-refractivity contribution in [2.75, 3.05) is 11.5 Å². The number of nitrogens with one attached hydrogen (secondary N) is 2. The van der Waals surface area contributed by atoms with Crippen molar-refractivity contribution in [3.05, 3.63) is 88.7 Å². The molecule has 0 aliphatic carbocycles. The highest BCUT2D eigenvalue weighted by atomic mass is 79.9. The van der Waals surface area contributed by atoms with E-state index >= 15 is 0 Å². The lowest BCUT2D eigenvalue weighted by Crippen LogP contribution is -2.41. The van der Waals surface area contributed by atoms with Gasteiger partial charge in [0.05, 0.1) is 18.7 Å². The van der Waals surface area contributed by atoms with Crippen LogP contribution in [0.4, 0.5) is 5.69 Å². The molecule has 5 rings (SSSR count). The lowest BCUT2D eigenvalue weighted by Gasteiger charge is -2.31. The summed E-state index contributed by atoms with van der Waals surface area (Å²) in [5, 5.41) is 0. The SMILES string of the molecule is CCOc1ccc(C2NNC3C(=O)N(c4ccc(Br)cc4)C(c4cccnc4)C32)cc1. The van der Waals surface area contributed by atoms with E-state index in [1.54, 1.807) is 6.20 Å². The molecular weight excluding hydrogens is 456 g/mol. The molecule has 2 aliphatic heterocycles. The van der Waals surface area contributed by atoms with Crippen LogP contribution in [0.1, 0.15) is 30.1 Å². The molecule has 2 saturated heterocycles. The Labute approximate surface area is 189 Å². The molecule has 4 atom stereocenters. The smallest absolute Gasteiger partial charge is 0.246 e. The van der Waals surface area contributed by atoms with E-state index in [2.05, 4.69) is 43.9 Å². The summed E-state index contributed by atoms with van der Waals surface area (Å²) in [6, 6.07) is 19.5. The van der Waals surface area contributed by atoms with Gasteiger partial charge in [-0.25, -0.2) is 10.9 Å². The number of benzene rings is 2. The lowest BCUT2D eigenvalue weighted by molar-refractivity contribution is -0.119. The van der Waals surface area contributed by atoms with E-state index in [1.807, 2.05) is 66.6 Å². The van der Waals surface area contributed by atoms with Crippen molar-refractivity contribution in [3.8, 4) is 5.75 Å². The van der Waals surface area contributed by atoms with Gasteiger partial charge < -0.3 is 9.64 Å². The van der Waals surface area contributed by atoms with Gasteiger partial charge in [0.25, 0.3) is 0 Å². The molecule has 3 aromatic rings. The predicted molar refractivity (Wildman–Crippen MR) is 123 cm³/mol. The number of fused-ring (bicyclic) bond motifs is 1. The van der Waals surface area contributed by atoms with Gasteiger partial charge in [-0.15, -0.1) is 0 Å². The second kappa shape index (κ2) is 8.42. The molecule has 4 unspecified atom stereocenters. The van der Waals surface area contributed by atoms with E-state index in [0.717, 1.165) is 27.0 Å². The standard InChI is InChI=1S/C24H23BrN4O2/c1-2-31-19-11-5-15(6-12-19)21-20-22(28-27-21)24(30)29(18-9-7-17(25)8-10-18)23(20)16-4-3-13-26-14-16/h3-14,20-23,27-28H,2H2,1H3. The summed E-state index contributed by atoms with van der Waals surface area (Å²) in [7, 11) is 0. The van der Waals surface area contributed by atoms with Crippen LogP contribution < -0.4 is 20.5 Å². The van der Waals surface area contributed by atoms with Crippen molar-refractivity contribution >= 4 is 27.5 Å². The molecular formula is C24H23BrN4O2. The monoisotopic (exact) mass is 478 g/mol. The Morgan fingerprint density at radius 3 is 2.42 bits per heavy atom. The van der Waals surface area contributed by atoms with E-state index in [4.69, 9.17) is 4.74 Å². The molecule has 1 aromatic heterocycles. The molecule has 1 amide bonds. The van der Waals surface area contributed by atoms with Crippen LogP contribution in [-0.4, -0.2) is 23.5 Å². The van der Waals surface area contributed by atoms with Gasteiger partial charge in [0.2, 0.25) is 5.91 Å². The minimum Gasteiger partial charge on any atom is -0.494 e. The van der Waals surface area contributed by atoms with Crippen LogP contribution >= 0.6 is 15.9 Å². The molecule has 0 radical (unpaired) electrons. The number of carbonyl (C=O) groups excluding carboxylic acids is 1. The molecule has 7 heteroatoms. The molecule has 2 N–H and O–H groups in total. The first kappa shape index (κ1) is 20.2. The number of amides is 1. The van der Waals surface area contributed by atoms with Crippen molar-refractivity contribution in [2.45, 2.75) is 25.0 Å². The maximum Gasteiger partial charge on any atom is 0.246 e. The predicted octanol–water partition coefficient (Wildman–Crippen LogP) is 4.16. The Balaban J connectivity index is 1.56. The number of pyridine rings is 1. The van der Waals surface area contributed by atoms with Gasteiger partial charge in [-0.3, -0.25) is 9.78 Å². The third-order valence-electron chi connectivity index (χ3n) is 5.99. The maximum absolute atomic E-state index is 13.5. The number of rotatable bonds is 5. The second-order valence-corrected chi connectivity index (χ2v) is 8.65. The zero-order chi connectivity index (χ0) is 21.4. The Hall–Kier alpha value is -2.74. The number of ether oxygens (including phenoxy) is 1. The van der Waals surface area contributed by atoms with E-state index in [1.165, 1.54) is 0 Å². The van der Waals surface area contributed by atoms with Crippen LogP contribution in [0.2, 0.25) is 0 Å². The van der Waals surface area contributed by atoms with Crippen LogP contribution in [-0.2, 0) is 4.79 Å². The first-order valence-electron chi connectivity index (χ1n) is 10.4. The Morgan fingerprint density at radius 2 is 1.74 bits per heavy atom. The molecule has 31 heavy (non-hydrogen) atoms. The van der Waals surface area contributed by atoms with Crippen molar-refractivity contribution in [1.29, 1.82) is 0 Å². The van der Waals surface area contributed by atoms with Gasteiger partial charge in [-0.05, 0) is 60.5 Å². The van der Waals surface area contributed by atoms with Crippen molar-refractivity contribution < 1.29 is 9.53 Å². The number of hydrogen-bond acceptors (Lipinski definition) is 5. The molecule has 2 fully saturated rings.